The number of ether oxygens (including phenoxy) is 1. The summed E-state index contributed by atoms with van der Waals surface area (Å²) in [7, 11) is 1.76. The summed E-state index contributed by atoms with van der Waals surface area (Å²) in [5.41, 5.74) is 0. The van der Waals surface area contributed by atoms with Crippen LogP contribution in [0.5, 0.6) is 0 Å². The lowest BCUT2D eigenvalue weighted by Crippen LogP contribution is -2.16. The van der Waals surface area contributed by atoms with E-state index in [0.717, 1.165) is 0 Å². The lowest BCUT2D eigenvalue weighted by atomic mass is 10.5. The molecule has 0 amide bonds. The van der Waals surface area contributed by atoms with Crippen molar-refractivity contribution in [2.75, 3.05) is 20.2 Å². The van der Waals surface area contributed by atoms with Crippen LogP contribution in [0.2, 0.25) is 0 Å². The third-order valence-electron chi connectivity index (χ3n) is 0.839. The maximum atomic E-state index is 10.4. The summed E-state index contributed by atoms with van der Waals surface area (Å²) in [6.07, 6.45) is -0.163. The Labute approximate surface area is 59.8 Å². The van der Waals surface area contributed by atoms with E-state index in [0.29, 0.717) is 13.2 Å². The molecule has 0 aromatic heterocycles. The van der Waals surface area contributed by atoms with Gasteiger partial charge in [0.15, 0.2) is 0 Å². The van der Waals surface area contributed by atoms with Gasteiger partial charge < -0.3 is 10.1 Å². The lowest BCUT2D eigenvalue weighted by Gasteiger charge is -1.99. The molecule has 0 unspecified atom stereocenters. The number of esters is 1. The first-order valence-corrected chi connectivity index (χ1v) is 2.98. The van der Waals surface area contributed by atoms with E-state index in [4.69, 9.17) is 5.26 Å². The minimum absolute atomic E-state index is 0.163. The van der Waals surface area contributed by atoms with E-state index < -0.39 is 5.97 Å². The van der Waals surface area contributed by atoms with Gasteiger partial charge in [-0.15, -0.1) is 0 Å². The molecule has 0 aliphatic carbocycles. The third kappa shape index (κ3) is 5.06. The number of nitrogens with one attached hydrogen (secondary N) is 1. The normalized spacial score (nSPS) is 8.40. The molecular formula is C6H10N2O2. The highest BCUT2D eigenvalue weighted by molar-refractivity contribution is 5.71. The van der Waals surface area contributed by atoms with Crippen molar-refractivity contribution in [2.24, 2.45) is 0 Å². The van der Waals surface area contributed by atoms with Gasteiger partial charge in [-0.3, -0.25) is 4.79 Å². The summed E-state index contributed by atoms with van der Waals surface area (Å²) in [5, 5.41) is 10.8. The minimum atomic E-state index is -0.460. The summed E-state index contributed by atoms with van der Waals surface area (Å²) in [5.74, 6) is -0.460. The van der Waals surface area contributed by atoms with Crippen molar-refractivity contribution in [1.29, 1.82) is 5.26 Å². The van der Waals surface area contributed by atoms with Gasteiger partial charge in [0.2, 0.25) is 0 Å². The van der Waals surface area contributed by atoms with Crippen LogP contribution in [0.4, 0.5) is 0 Å². The van der Waals surface area contributed by atoms with E-state index in [1.54, 1.807) is 13.1 Å². The van der Waals surface area contributed by atoms with E-state index in [1.807, 2.05) is 0 Å². The molecular weight excluding hydrogens is 132 g/mol. The summed E-state index contributed by atoms with van der Waals surface area (Å²) >= 11 is 0. The van der Waals surface area contributed by atoms with E-state index >= 15 is 0 Å². The maximum absolute atomic E-state index is 10.4. The number of nitrogens with zero attached hydrogens (tertiary/aromatic N) is 1. The predicted octanol–water partition coefficient (Wildman–Crippen LogP) is -0.337. The Morgan fingerprint density at radius 3 is 3.00 bits per heavy atom. The highest BCUT2D eigenvalue weighted by atomic mass is 16.5. The van der Waals surface area contributed by atoms with Crippen molar-refractivity contribution >= 4 is 5.97 Å². The molecule has 1 N–H and O–H groups in total. The molecule has 0 saturated heterocycles. The Bertz CT molecular complexity index is 139. The Hall–Kier alpha value is -1.08. The second-order valence-electron chi connectivity index (χ2n) is 1.66. The SMILES string of the molecule is CNCCOC(=O)CC#N. The molecule has 0 radical (unpaired) electrons. The van der Waals surface area contributed by atoms with Gasteiger partial charge in [-0.25, -0.2) is 0 Å². The standard InChI is InChI=1S/C6H10N2O2/c1-8-4-5-10-6(9)2-3-7/h8H,2,4-5H2,1H3. The lowest BCUT2D eigenvalue weighted by molar-refractivity contribution is -0.142. The number of hydrogen-bond donors (Lipinski definition) is 1. The van der Waals surface area contributed by atoms with Crippen LogP contribution >= 0.6 is 0 Å². The molecule has 0 fully saturated rings. The Balaban J connectivity index is 3.15. The molecule has 0 heterocycles. The number of carbonyl (C=O) groups is 1. The van der Waals surface area contributed by atoms with Crippen LogP contribution in [-0.2, 0) is 9.53 Å². The van der Waals surface area contributed by atoms with Gasteiger partial charge in [0.25, 0.3) is 0 Å². The van der Waals surface area contributed by atoms with Crippen LogP contribution in [0.15, 0.2) is 0 Å². The molecule has 0 aromatic rings. The predicted molar refractivity (Wildman–Crippen MR) is 35.1 cm³/mol. The van der Waals surface area contributed by atoms with Crippen molar-refractivity contribution in [3.05, 3.63) is 0 Å². The van der Waals surface area contributed by atoms with Crippen molar-refractivity contribution in [3.8, 4) is 6.07 Å². The van der Waals surface area contributed by atoms with Crippen molar-refractivity contribution in [1.82, 2.24) is 5.32 Å². The van der Waals surface area contributed by atoms with Gasteiger partial charge in [0.05, 0.1) is 6.07 Å². The highest BCUT2D eigenvalue weighted by Gasteiger charge is 1.98. The molecule has 0 saturated carbocycles. The second kappa shape index (κ2) is 6.05. The average molecular weight is 142 g/mol. The van der Waals surface area contributed by atoms with Crippen molar-refractivity contribution in [2.45, 2.75) is 6.42 Å². The third-order valence-corrected chi connectivity index (χ3v) is 0.839. The van der Waals surface area contributed by atoms with E-state index in [1.165, 1.54) is 0 Å². The smallest absolute Gasteiger partial charge is 0.320 e. The molecule has 0 aliphatic heterocycles. The van der Waals surface area contributed by atoms with Gasteiger partial charge in [-0.05, 0) is 7.05 Å². The summed E-state index contributed by atoms with van der Waals surface area (Å²) in [6.45, 7) is 0.953. The molecule has 0 aliphatic rings. The van der Waals surface area contributed by atoms with Gasteiger partial charge in [0, 0.05) is 6.54 Å². The molecule has 10 heavy (non-hydrogen) atoms. The summed E-state index contributed by atoms with van der Waals surface area (Å²) in [4.78, 5) is 10.4. The van der Waals surface area contributed by atoms with Gasteiger partial charge >= 0.3 is 5.97 Å². The monoisotopic (exact) mass is 142 g/mol. The van der Waals surface area contributed by atoms with Gasteiger partial charge in [0.1, 0.15) is 13.0 Å². The quantitative estimate of drug-likeness (QED) is 0.431. The zero-order chi connectivity index (χ0) is 7.82. The topological polar surface area (TPSA) is 62.1 Å². The molecule has 0 atom stereocenters. The van der Waals surface area contributed by atoms with Crippen LogP contribution in [0.25, 0.3) is 0 Å². The molecule has 0 aromatic carbocycles. The van der Waals surface area contributed by atoms with Crippen LogP contribution < -0.4 is 5.32 Å². The van der Waals surface area contributed by atoms with Crippen LogP contribution in [0.3, 0.4) is 0 Å². The molecule has 4 heteroatoms. The van der Waals surface area contributed by atoms with E-state index in [9.17, 15) is 4.79 Å². The first-order chi connectivity index (χ1) is 4.81. The zero-order valence-electron chi connectivity index (χ0n) is 5.89. The fourth-order valence-electron chi connectivity index (χ4n) is 0.383. The summed E-state index contributed by atoms with van der Waals surface area (Å²) in [6, 6.07) is 1.70. The number of carbonyl (C=O) groups excluding carboxylic acids is 1. The number of likely N-dealkylation sites (N-methyl/N-ethyl adjacent to an activating group) is 1. The Morgan fingerprint density at radius 2 is 2.50 bits per heavy atom. The van der Waals surface area contributed by atoms with Gasteiger partial charge in [-0.1, -0.05) is 0 Å². The van der Waals surface area contributed by atoms with Crippen LogP contribution in [-0.4, -0.2) is 26.2 Å². The molecule has 0 rings (SSSR count). The zero-order valence-corrected chi connectivity index (χ0v) is 5.89. The molecule has 0 bridgehead atoms. The number of nitriles is 1. The highest BCUT2D eigenvalue weighted by Crippen LogP contribution is 1.81. The molecule has 4 nitrogen and oxygen atoms in total. The first-order valence-electron chi connectivity index (χ1n) is 2.98. The first kappa shape index (κ1) is 8.92. The van der Waals surface area contributed by atoms with Crippen LogP contribution in [0.1, 0.15) is 6.42 Å². The van der Waals surface area contributed by atoms with Crippen LogP contribution in [0, 0.1) is 11.3 Å². The maximum Gasteiger partial charge on any atom is 0.320 e. The molecule has 56 valence electrons. The van der Waals surface area contributed by atoms with Crippen molar-refractivity contribution in [3.63, 3.8) is 0 Å². The van der Waals surface area contributed by atoms with Gasteiger partial charge in [-0.2, -0.15) is 5.26 Å². The molecule has 0 spiro atoms. The number of hydrogen-bond acceptors (Lipinski definition) is 4. The summed E-state index contributed by atoms with van der Waals surface area (Å²) < 4.78 is 4.60. The Kier molecular flexibility index (Phi) is 5.39. The fourth-order valence-corrected chi connectivity index (χ4v) is 0.383. The van der Waals surface area contributed by atoms with Crippen molar-refractivity contribution < 1.29 is 9.53 Å². The second-order valence-corrected chi connectivity index (χ2v) is 1.66. The van der Waals surface area contributed by atoms with E-state index in [-0.39, 0.29) is 6.42 Å². The van der Waals surface area contributed by atoms with E-state index in [2.05, 4.69) is 10.1 Å². The fraction of sp³-hybridized carbons (Fsp3) is 0.667. The largest absolute Gasteiger partial charge is 0.464 e. The minimum Gasteiger partial charge on any atom is -0.464 e. The Morgan fingerprint density at radius 1 is 1.80 bits per heavy atom. The number of rotatable bonds is 4. The average Bonchev–Trinajstić information content (AvgIpc) is 1.89.